The van der Waals surface area contributed by atoms with E-state index in [-0.39, 0.29) is 23.5 Å². The molecule has 0 spiro atoms. The van der Waals surface area contributed by atoms with Gasteiger partial charge in [0.1, 0.15) is 0 Å². The Labute approximate surface area is 175 Å². The number of hydrogen-bond acceptors (Lipinski definition) is 9. The predicted octanol–water partition coefficient (Wildman–Crippen LogP) is -1.20. The minimum Gasteiger partial charge on any atom is -0.390 e. The highest BCUT2D eigenvalue weighted by atomic mass is 32.2. The van der Waals surface area contributed by atoms with Crippen molar-refractivity contribution in [3.05, 3.63) is 42.0 Å². The fraction of sp³-hybridized carbons (Fsp3) is 0.632. The maximum Gasteiger partial charge on any atom is 0.152 e. The Morgan fingerprint density at radius 2 is 2.00 bits per heavy atom. The monoisotopic (exact) mass is 436 g/mol. The van der Waals surface area contributed by atoms with Crippen molar-refractivity contribution in [2.75, 3.05) is 24.6 Å². The molecular weight excluding hydrogens is 408 g/mol. The Kier molecular flexibility index (Phi) is 6.44. The van der Waals surface area contributed by atoms with Crippen LogP contribution in [0.25, 0.3) is 0 Å². The highest BCUT2D eigenvalue weighted by Crippen LogP contribution is 2.28. The van der Waals surface area contributed by atoms with Crippen molar-refractivity contribution < 1.29 is 18.6 Å². The molecule has 2 fully saturated rings. The smallest absolute Gasteiger partial charge is 0.152 e. The van der Waals surface area contributed by atoms with E-state index < -0.39 is 22.0 Å². The number of hydrogen-bond donors (Lipinski definition) is 3. The van der Waals surface area contributed by atoms with Gasteiger partial charge in [-0.05, 0) is 18.1 Å². The van der Waals surface area contributed by atoms with Crippen molar-refractivity contribution in [2.24, 2.45) is 5.92 Å². The standard InChI is InChI=1S/C19H28N6O4S/c26-18-15(8-17(19(18)27)21-10-14-2-1-3-20-9-14)11-25-13-16(22-23-25)12-24-4-6-30(28,29)7-5-24/h1-3,9,13,15,17-19,21,26-27H,4-8,10-12H2. The van der Waals surface area contributed by atoms with Gasteiger partial charge in [0.15, 0.2) is 9.84 Å². The van der Waals surface area contributed by atoms with Crippen molar-refractivity contribution in [2.45, 2.75) is 44.3 Å². The van der Waals surface area contributed by atoms with E-state index in [1.807, 2.05) is 18.3 Å². The minimum atomic E-state index is -2.90. The number of pyridine rings is 1. The summed E-state index contributed by atoms with van der Waals surface area (Å²) in [6.07, 6.45) is 4.27. The summed E-state index contributed by atoms with van der Waals surface area (Å²) in [5.41, 5.74) is 1.79. The number of aromatic nitrogens is 4. The Bertz CT molecular complexity index is 924. The zero-order valence-electron chi connectivity index (χ0n) is 16.7. The molecule has 0 amide bonds. The second-order valence-corrected chi connectivity index (χ2v) is 10.5. The van der Waals surface area contributed by atoms with Crippen molar-refractivity contribution >= 4 is 9.84 Å². The molecule has 0 aromatic carbocycles. The quantitative estimate of drug-likeness (QED) is 0.489. The van der Waals surface area contributed by atoms with Crippen molar-refractivity contribution in [3.8, 4) is 0 Å². The molecule has 4 atom stereocenters. The van der Waals surface area contributed by atoms with Gasteiger partial charge < -0.3 is 15.5 Å². The van der Waals surface area contributed by atoms with Crippen LogP contribution in [0.15, 0.2) is 30.7 Å². The third-order valence-electron chi connectivity index (χ3n) is 5.92. The van der Waals surface area contributed by atoms with E-state index in [0.29, 0.717) is 39.1 Å². The molecule has 0 bridgehead atoms. The van der Waals surface area contributed by atoms with Gasteiger partial charge >= 0.3 is 0 Å². The van der Waals surface area contributed by atoms with Gasteiger partial charge in [-0.25, -0.2) is 8.42 Å². The average molecular weight is 437 g/mol. The first-order chi connectivity index (χ1) is 14.4. The fourth-order valence-electron chi connectivity index (χ4n) is 4.14. The van der Waals surface area contributed by atoms with Crippen LogP contribution in [-0.2, 0) is 29.5 Å². The number of nitrogens with zero attached hydrogens (tertiary/aromatic N) is 5. The van der Waals surface area contributed by atoms with Crippen LogP contribution in [0.5, 0.6) is 0 Å². The molecule has 3 heterocycles. The normalized spacial score (nSPS) is 29.3. The average Bonchev–Trinajstić information content (AvgIpc) is 3.28. The molecule has 1 saturated carbocycles. The first kappa shape index (κ1) is 21.3. The van der Waals surface area contributed by atoms with Crippen LogP contribution < -0.4 is 5.32 Å². The number of sulfone groups is 1. The van der Waals surface area contributed by atoms with Crippen molar-refractivity contribution in [3.63, 3.8) is 0 Å². The van der Waals surface area contributed by atoms with E-state index in [1.165, 1.54) is 0 Å². The molecular formula is C19H28N6O4S. The molecule has 1 aliphatic heterocycles. The highest BCUT2D eigenvalue weighted by molar-refractivity contribution is 7.91. The van der Waals surface area contributed by atoms with Crippen LogP contribution in [0.3, 0.4) is 0 Å². The molecule has 3 N–H and O–H groups in total. The minimum absolute atomic E-state index is 0.138. The van der Waals surface area contributed by atoms with Crippen LogP contribution >= 0.6 is 0 Å². The molecule has 164 valence electrons. The molecule has 30 heavy (non-hydrogen) atoms. The molecule has 4 rings (SSSR count). The van der Waals surface area contributed by atoms with Gasteiger partial charge in [-0.3, -0.25) is 14.6 Å². The summed E-state index contributed by atoms with van der Waals surface area (Å²) < 4.78 is 24.8. The fourth-order valence-corrected chi connectivity index (χ4v) is 5.41. The number of aliphatic hydroxyl groups excluding tert-OH is 2. The summed E-state index contributed by atoms with van der Waals surface area (Å²) >= 11 is 0. The Balaban J connectivity index is 1.29. The first-order valence-corrected chi connectivity index (χ1v) is 12.0. The second-order valence-electron chi connectivity index (χ2n) is 8.19. The number of aliphatic hydroxyl groups is 2. The molecule has 10 nitrogen and oxygen atoms in total. The van der Waals surface area contributed by atoms with Crippen LogP contribution in [0.4, 0.5) is 0 Å². The highest BCUT2D eigenvalue weighted by Gasteiger charge is 2.41. The van der Waals surface area contributed by atoms with Gasteiger partial charge in [0.25, 0.3) is 0 Å². The maximum absolute atomic E-state index is 11.5. The van der Waals surface area contributed by atoms with Crippen LogP contribution in [-0.4, -0.2) is 86.4 Å². The van der Waals surface area contributed by atoms with E-state index in [0.717, 1.165) is 11.3 Å². The molecule has 0 radical (unpaired) electrons. The third kappa shape index (κ3) is 5.22. The second kappa shape index (κ2) is 9.06. The molecule has 2 aromatic rings. The summed E-state index contributed by atoms with van der Waals surface area (Å²) in [6.45, 7) is 2.61. The number of rotatable bonds is 7. The SMILES string of the molecule is O=S1(=O)CCN(Cc2cn(CC3CC(NCc4cccnc4)C(O)C3O)nn2)CC1. The van der Waals surface area contributed by atoms with Gasteiger partial charge in [-0.2, -0.15) is 0 Å². The van der Waals surface area contributed by atoms with E-state index in [9.17, 15) is 18.6 Å². The van der Waals surface area contributed by atoms with E-state index in [2.05, 4.69) is 25.5 Å². The zero-order valence-corrected chi connectivity index (χ0v) is 17.5. The molecule has 2 aliphatic rings. The first-order valence-electron chi connectivity index (χ1n) is 10.2. The zero-order chi connectivity index (χ0) is 21.1. The predicted molar refractivity (Wildman–Crippen MR) is 109 cm³/mol. The van der Waals surface area contributed by atoms with Gasteiger partial charge in [0.2, 0.25) is 0 Å². The lowest BCUT2D eigenvalue weighted by Crippen LogP contribution is -2.39. The lowest BCUT2D eigenvalue weighted by atomic mass is 10.1. The molecule has 4 unspecified atom stereocenters. The van der Waals surface area contributed by atoms with Gasteiger partial charge in [-0.1, -0.05) is 11.3 Å². The van der Waals surface area contributed by atoms with Crippen LogP contribution in [0.2, 0.25) is 0 Å². The van der Waals surface area contributed by atoms with E-state index >= 15 is 0 Å². The largest absolute Gasteiger partial charge is 0.390 e. The van der Waals surface area contributed by atoms with Crippen LogP contribution in [0.1, 0.15) is 17.7 Å². The van der Waals surface area contributed by atoms with Gasteiger partial charge in [-0.15, -0.1) is 5.10 Å². The topological polar surface area (TPSA) is 133 Å². The Hall–Kier alpha value is -1.92. The Morgan fingerprint density at radius 1 is 1.20 bits per heavy atom. The lowest BCUT2D eigenvalue weighted by molar-refractivity contribution is 0.00722. The van der Waals surface area contributed by atoms with Crippen molar-refractivity contribution in [1.29, 1.82) is 0 Å². The molecule has 1 aliphatic carbocycles. The molecule has 11 heteroatoms. The molecule has 2 aromatic heterocycles. The summed E-state index contributed by atoms with van der Waals surface area (Å²) in [7, 11) is -2.90. The maximum atomic E-state index is 11.5. The summed E-state index contributed by atoms with van der Waals surface area (Å²) in [4.78, 5) is 6.14. The lowest BCUT2D eigenvalue weighted by Gasteiger charge is -2.25. The molecule has 1 saturated heterocycles. The van der Waals surface area contributed by atoms with Gasteiger partial charge in [0.05, 0.1) is 29.4 Å². The van der Waals surface area contributed by atoms with Crippen molar-refractivity contribution in [1.82, 2.24) is 30.2 Å². The summed E-state index contributed by atoms with van der Waals surface area (Å²) in [6, 6.07) is 3.62. The third-order valence-corrected chi connectivity index (χ3v) is 7.53. The van der Waals surface area contributed by atoms with E-state index in [1.54, 1.807) is 17.1 Å². The van der Waals surface area contributed by atoms with E-state index in [4.69, 9.17) is 0 Å². The number of nitrogens with one attached hydrogen (secondary N) is 1. The summed E-state index contributed by atoms with van der Waals surface area (Å²) in [5, 5.41) is 32.5. The summed E-state index contributed by atoms with van der Waals surface area (Å²) in [5.74, 6) is 0.225. The van der Waals surface area contributed by atoms with Gasteiger partial charge in [0, 0.05) is 63.3 Å². The Morgan fingerprint density at radius 3 is 2.73 bits per heavy atom. The van der Waals surface area contributed by atoms with Crippen LogP contribution in [0, 0.1) is 5.92 Å².